The first kappa shape index (κ1) is 15.8. The van der Waals surface area contributed by atoms with Gasteiger partial charge in [0.2, 0.25) is 0 Å². The maximum atomic E-state index is 6.54. The van der Waals surface area contributed by atoms with Gasteiger partial charge in [0.15, 0.2) is 0 Å². The van der Waals surface area contributed by atoms with Gasteiger partial charge in [0, 0.05) is 13.6 Å². The average molecular weight is 298 g/mol. The van der Waals surface area contributed by atoms with Gasteiger partial charge in [0.25, 0.3) is 0 Å². The number of rotatable bonds is 6. The van der Waals surface area contributed by atoms with Crippen LogP contribution in [0.25, 0.3) is 0 Å². The molecule has 0 amide bonds. The quantitative estimate of drug-likeness (QED) is 0.867. The van der Waals surface area contributed by atoms with Crippen molar-refractivity contribution >= 4 is 11.6 Å². The molecule has 1 aromatic rings. The summed E-state index contributed by atoms with van der Waals surface area (Å²) >= 11 is 6.54. The van der Waals surface area contributed by atoms with Crippen molar-refractivity contribution in [2.24, 2.45) is 12.5 Å². The molecule has 0 saturated heterocycles. The molecule has 114 valence electrons. The van der Waals surface area contributed by atoms with Crippen LogP contribution in [0.1, 0.15) is 57.3 Å². The maximum absolute atomic E-state index is 6.54. The van der Waals surface area contributed by atoms with Crippen molar-refractivity contribution in [3.05, 3.63) is 16.4 Å². The van der Waals surface area contributed by atoms with Gasteiger partial charge >= 0.3 is 0 Å². The second kappa shape index (κ2) is 6.95. The Hall–Kier alpha value is -0.540. The van der Waals surface area contributed by atoms with E-state index >= 15 is 0 Å². The Balaban J connectivity index is 2.21. The summed E-state index contributed by atoms with van der Waals surface area (Å²) in [7, 11) is 2.03. The third-order valence-corrected chi connectivity index (χ3v) is 5.15. The summed E-state index contributed by atoms with van der Waals surface area (Å²) in [6.07, 6.45) is 8.66. The van der Waals surface area contributed by atoms with Crippen LogP contribution in [0.15, 0.2) is 0 Å². The van der Waals surface area contributed by atoms with Crippen molar-refractivity contribution in [1.82, 2.24) is 15.1 Å². The number of nitrogens with zero attached hydrogens (tertiary/aromatic N) is 2. The Bertz CT molecular complexity index is 433. The Labute approximate surface area is 128 Å². The monoisotopic (exact) mass is 297 g/mol. The largest absolute Gasteiger partial charge is 0.316 e. The summed E-state index contributed by atoms with van der Waals surface area (Å²) in [6.45, 7) is 6.45. The molecule has 0 spiro atoms. The van der Waals surface area contributed by atoms with Gasteiger partial charge in [0.1, 0.15) is 0 Å². The summed E-state index contributed by atoms with van der Waals surface area (Å²) < 4.78 is 2.00. The summed E-state index contributed by atoms with van der Waals surface area (Å²) in [5, 5.41) is 9.04. The fraction of sp³-hybridized carbons (Fsp3) is 0.812. The zero-order valence-electron chi connectivity index (χ0n) is 13.1. The highest BCUT2D eigenvalue weighted by Crippen LogP contribution is 2.40. The lowest BCUT2D eigenvalue weighted by Crippen LogP contribution is -2.38. The molecule has 4 heteroatoms. The lowest BCUT2D eigenvalue weighted by Gasteiger charge is -2.37. The van der Waals surface area contributed by atoms with Gasteiger partial charge in [-0.1, -0.05) is 44.7 Å². The van der Waals surface area contributed by atoms with E-state index in [2.05, 4.69) is 24.3 Å². The molecule has 3 nitrogen and oxygen atoms in total. The molecule has 1 saturated carbocycles. The highest BCUT2D eigenvalue weighted by Gasteiger charge is 2.34. The Morgan fingerprint density at radius 2 is 1.95 bits per heavy atom. The molecule has 0 atom stereocenters. The third-order valence-electron chi connectivity index (χ3n) is 4.71. The lowest BCUT2D eigenvalue weighted by atomic mass is 9.71. The molecule has 0 unspecified atom stereocenters. The van der Waals surface area contributed by atoms with Crippen LogP contribution in [-0.4, -0.2) is 22.9 Å². The second-order valence-electron chi connectivity index (χ2n) is 6.20. The van der Waals surface area contributed by atoms with Crippen molar-refractivity contribution in [2.75, 3.05) is 13.1 Å². The number of hydrogen-bond acceptors (Lipinski definition) is 2. The molecule has 1 aromatic heterocycles. The maximum Gasteiger partial charge on any atom is 0.0849 e. The zero-order valence-corrected chi connectivity index (χ0v) is 13.9. The van der Waals surface area contributed by atoms with Gasteiger partial charge in [-0.05, 0) is 37.6 Å². The minimum absolute atomic E-state index is 0.372. The van der Waals surface area contributed by atoms with E-state index in [1.54, 1.807) is 0 Å². The van der Waals surface area contributed by atoms with Gasteiger partial charge in [-0.3, -0.25) is 4.68 Å². The molecule has 20 heavy (non-hydrogen) atoms. The minimum atomic E-state index is 0.372. The van der Waals surface area contributed by atoms with Gasteiger partial charge in [-0.25, -0.2) is 0 Å². The van der Waals surface area contributed by atoms with Gasteiger partial charge < -0.3 is 5.32 Å². The highest BCUT2D eigenvalue weighted by atomic mass is 35.5. The lowest BCUT2D eigenvalue weighted by molar-refractivity contribution is 0.178. The summed E-state index contributed by atoms with van der Waals surface area (Å²) in [5.74, 6) is 0. The standard InChI is InChI=1S/C16H28ClN3/c1-4-13-15(17)14(20(3)19-13)11-16(12-18-5-2)9-7-6-8-10-16/h18H,4-12H2,1-3H3. The van der Waals surface area contributed by atoms with Crippen LogP contribution in [0.2, 0.25) is 5.02 Å². The van der Waals surface area contributed by atoms with E-state index in [-0.39, 0.29) is 0 Å². The molecular formula is C16H28ClN3. The predicted octanol–water partition coefficient (Wildman–Crippen LogP) is 3.74. The minimum Gasteiger partial charge on any atom is -0.316 e. The summed E-state index contributed by atoms with van der Waals surface area (Å²) in [5.41, 5.74) is 2.64. The molecule has 2 rings (SSSR count). The average Bonchev–Trinajstić information content (AvgIpc) is 2.73. The normalized spacial score (nSPS) is 18.4. The number of aryl methyl sites for hydroxylation is 2. The number of halogens is 1. The van der Waals surface area contributed by atoms with Crippen LogP contribution in [0.4, 0.5) is 0 Å². The first-order valence-corrected chi connectivity index (χ1v) is 8.40. The summed E-state index contributed by atoms with van der Waals surface area (Å²) in [6, 6.07) is 0. The number of hydrogen-bond donors (Lipinski definition) is 1. The molecule has 1 aliphatic rings. The molecule has 0 aliphatic heterocycles. The van der Waals surface area contributed by atoms with Crippen LogP contribution < -0.4 is 5.32 Å². The zero-order chi connectivity index (χ0) is 14.6. The fourth-order valence-corrected chi connectivity index (χ4v) is 3.84. The molecule has 0 bridgehead atoms. The van der Waals surface area contributed by atoms with Crippen LogP contribution in [-0.2, 0) is 19.9 Å². The predicted molar refractivity (Wildman–Crippen MR) is 85.4 cm³/mol. The van der Waals surface area contributed by atoms with Crippen LogP contribution in [0.3, 0.4) is 0 Å². The molecule has 1 aliphatic carbocycles. The molecular weight excluding hydrogens is 270 g/mol. The SMILES string of the molecule is CCNCC1(Cc2c(Cl)c(CC)nn2C)CCCCC1. The van der Waals surface area contributed by atoms with Crippen molar-refractivity contribution in [3.8, 4) is 0 Å². The fourth-order valence-electron chi connectivity index (χ4n) is 3.48. The van der Waals surface area contributed by atoms with Gasteiger partial charge in [-0.15, -0.1) is 0 Å². The molecule has 0 aromatic carbocycles. The van der Waals surface area contributed by atoms with Crippen LogP contribution >= 0.6 is 11.6 Å². The Morgan fingerprint density at radius 3 is 2.50 bits per heavy atom. The van der Waals surface area contributed by atoms with E-state index in [0.29, 0.717) is 5.41 Å². The van der Waals surface area contributed by atoms with Crippen molar-refractivity contribution < 1.29 is 0 Å². The van der Waals surface area contributed by atoms with E-state index in [9.17, 15) is 0 Å². The molecule has 1 N–H and O–H groups in total. The van der Waals surface area contributed by atoms with Crippen molar-refractivity contribution in [3.63, 3.8) is 0 Å². The molecule has 1 heterocycles. The van der Waals surface area contributed by atoms with Crippen molar-refractivity contribution in [1.29, 1.82) is 0 Å². The first-order chi connectivity index (χ1) is 9.62. The molecule has 1 fully saturated rings. The van der Waals surface area contributed by atoms with Crippen LogP contribution in [0.5, 0.6) is 0 Å². The third kappa shape index (κ3) is 3.37. The van der Waals surface area contributed by atoms with Crippen molar-refractivity contribution in [2.45, 2.75) is 58.8 Å². The number of nitrogens with one attached hydrogen (secondary N) is 1. The second-order valence-corrected chi connectivity index (χ2v) is 6.58. The van der Waals surface area contributed by atoms with E-state index in [1.165, 1.54) is 37.8 Å². The first-order valence-electron chi connectivity index (χ1n) is 8.03. The highest BCUT2D eigenvalue weighted by molar-refractivity contribution is 6.31. The van der Waals surface area contributed by atoms with E-state index in [0.717, 1.165) is 36.6 Å². The van der Waals surface area contributed by atoms with E-state index < -0.39 is 0 Å². The number of aromatic nitrogens is 2. The Morgan fingerprint density at radius 1 is 1.25 bits per heavy atom. The topological polar surface area (TPSA) is 29.9 Å². The van der Waals surface area contributed by atoms with Gasteiger partial charge in [0.05, 0.1) is 16.4 Å². The van der Waals surface area contributed by atoms with Gasteiger partial charge in [-0.2, -0.15) is 5.10 Å². The summed E-state index contributed by atoms with van der Waals surface area (Å²) in [4.78, 5) is 0. The molecule has 0 radical (unpaired) electrons. The smallest absolute Gasteiger partial charge is 0.0849 e. The van der Waals surface area contributed by atoms with Crippen LogP contribution in [0, 0.1) is 5.41 Å². The van der Waals surface area contributed by atoms with E-state index in [1.807, 2.05) is 11.7 Å². The Kier molecular flexibility index (Phi) is 5.50. The van der Waals surface area contributed by atoms with E-state index in [4.69, 9.17) is 11.6 Å².